The van der Waals surface area contributed by atoms with Gasteiger partial charge >= 0.3 is 6.09 Å². The molecule has 0 saturated carbocycles. The molecule has 92 valence electrons. The molecule has 5 nitrogen and oxygen atoms in total. The second kappa shape index (κ2) is 4.10. The highest BCUT2D eigenvalue weighted by molar-refractivity contribution is 7.93. The summed E-state index contributed by atoms with van der Waals surface area (Å²) in [6.45, 7) is 5.61. The van der Waals surface area contributed by atoms with E-state index in [2.05, 4.69) is 4.99 Å². The van der Waals surface area contributed by atoms with Crippen LogP contribution in [0.5, 0.6) is 0 Å². The molecule has 0 aromatic rings. The highest BCUT2D eigenvalue weighted by atomic mass is 32.2. The summed E-state index contributed by atoms with van der Waals surface area (Å²) in [6.07, 6.45) is 2.75. The normalized spacial score (nSPS) is 23.0. The zero-order chi connectivity index (χ0) is 12.6. The van der Waals surface area contributed by atoms with Gasteiger partial charge in [0.2, 0.25) is 0 Å². The van der Waals surface area contributed by atoms with E-state index in [0.29, 0.717) is 10.6 Å². The van der Waals surface area contributed by atoms with Crippen molar-refractivity contribution >= 4 is 23.1 Å². The van der Waals surface area contributed by atoms with Crippen LogP contribution in [0.3, 0.4) is 0 Å². The lowest BCUT2D eigenvalue weighted by atomic mass is 10.2. The van der Waals surface area contributed by atoms with Crippen molar-refractivity contribution in [3.05, 3.63) is 22.1 Å². The number of rotatable bonds is 0. The Morgan fingerprint density at radius 3 is 2.88 bits per heavy atom. The first-order valence-corrected chi connectivity index (χ1v) is 6.43. The van der Waals surface area contributed by atoms with Crippen LogP contribution in [0.1, 0.15) is 20.8 Å². The fraction of sp³-hybridized carbons (Fsp3) is 0.455. The maximum Gasteiger partial charge on any atom is 0.416 e. The van der Waals surface area contributed by atoms with E-state index in [-0.39, 0.29) is 6.67 Å². The highest BCUT2D eigenvalue weighted by Crippen LogP contribution is 2.26. The number of allylic oxidation sites excluding steroid dienone is 2. The van der Waals surface area contributed by atoms with Crippen molar-refractivity contribution in [2.45, 2.75) is 26.4 Å². The molecular formula is C11H14N2O3S. The molecule has 0 N–H and O–H groups in total. The van der Waals surface area contributed by atoms with Crippen LogP contribution in [0.15, 0.2) is 27.1 Å². The van der Waals surface area contributed by atoms with Crippen molar-refractivity contribution in [3.63, 3.8) is 0 Å². The van der Waals surface area contributed by atoms with Crippen LogP contribution >= 0.6 is 0 Å². The summed E-state index contributed by atoms with van der Waals surface area (Å²) in [7, 11) is -1.20. The summed E-state index contributed by atoms with van der Waals surface area (Å²) >= 11 is 0. The lowest BCUT2D eigenvalue weighted by Gasteiger charge is -2.28. The molecule has 2 aliphatic heterocycles. The Morgan fingerprint density at radius 1 is 1.53 bits per heavy atom. The van der Waals surface area contributed by atoms with Gasteiger partial charge in [0.05, 0.1) is 21.4 Å². The van der Waals surface area contributed by atoms with Gasteiger partial charge in [-0.25, -0.2) is 9.00 Å². The van der Waals surface area contributed by atoms with Gasteiger partial charge in [0, 0.05) is 11.6 Å². The van der Waals surface area contributed by atoms with Gasteiger partial charge in [-0.2, -0.15) is 0 Å². The minimum absolute atomic E-state index is 0.204. The summed E-state index contributed by atoms with van der Waals surface area (Å²) in [6, 6.07) is 0. The molecular weight excluding hydrogens is 240 g/mol. The predicted molar refractivity (Wildman–Crippen MR) is 65.7 cm³/mol. The monoisotopic (exact) mass is 254 g/mol. The summed E-state index contributed by atoms with van der Waals surface area (Å²) in [5.41, 5.74) is 0.0630. The Bertz CT molecular complexity index is 472. The van der Waals surface area contributed by atoms with Gasteiger partial charge in [-0.3, -0.25) is 9.89 Å². The van der Waals surface area contributed by atoms with Crippen LogP contribution in [0.4, 0.5) is 4.79 Å². The average Bonchev–Trinajstić information content (AvgIpc) is 2.58. The lowest BCUT2D eigenvalue weighted by Crippen LogP contribution is -2.37. The Balaban J connectivity index is 2.21. The zero-order valence-electron chi connectivity index (χ0n) is 9.97. The first-order chi connectivity index (χ1) is 7.88. The Labute approximate surface area is 102 Å². The van der Waals surface area contributed by atoms with E-state index in [1.165, 1.54) is 4.90 Å². The third-order valence-corrected chi connectivity index (χ3v) is 3.29. The molecule has 2 heterocycles. The number of aliphatic imine (C=N–C) groups is 1. The number of carbonyl (C=O) groups excluding carboxylic acids is 1. The van der Waals surface area contributed by atoms with Crippen LogP contribution in [0.25, 0.3) is 0 Å². The standard InChI is InChI=1S/C11H14N2O3S/c1-11(2,3)16-10(14)13-7-12-6-9-8(13)4-5-17(9)15/h4-6H,7H2,1-3H3. The van der Waals surface area contributed by atoms with Gasteiger partial charge in [-0.1, -0.05) is 0 Å². The van der Waals surface area contributed by atoms with E-state index in [1.807, 2.05) is 0 Å². The fourth-order valence-electron chi connectivity index (χ4n) is 1.48. The molecule has 0 bridgehead atoms. The van der Waals surface area contributed by atoms with E-state index >= 15 is 0 Å². The minimum atomic E-state index is -1.20. The van der Waals surface area contributed by atoms with Crippen LogP contribution in [-0.2, 0) is 15.5 Å². The molecule has 0 aliphatic carbocycles. The van der Waals surface area contributed by atoms with Crippen molar-refractivity contribution < 1.29 is 13.7 Å². The quantitative estimate of drug-likeness (QED) is 0.661. The molecule has 1 atom stereocenters. The smallest absolute Gasteiger partial charge is 0.416 e. The summed E-state index contributed by atoms with van der Waals surface area (Å²) in [4.78, 5) is 17.9. The van der Waals surface area contributed by atoms with E-state index in [4.69, 9.17) is 4.74 Å². The predicted octanol–water partition coefficient (Wildman–Crippen LogP) is 1.75. The van der Waals surface area contributed by atoms with Crippen LogP contribution < -0.4 is 0 Å². The lowest BCUT2D eigenvalue weighted by molar-refractivity contribution is 0.0323. The molecule has 2 rings (SSSR count). The third-order valence-electron chi connectivity index (χ3n) is 2.15. The summed E-state index contributed by atoms with van der Waals surface area (Å²) in [5, 5.41) is 1.54. The van der Waals surface area contributed by atoms with Gasteiger partial charge < -0.3 is 4.74 Å². The van der Waals surface area contributed by atoms with Crippen molar-refractivity contribution in [1.29, 1.82) is 0 Å². The maximum atomic E-state index is 11.9. The molecule has 0 saturated heterocycles. The molecule has 0 fully saturated rings. The minimum Gasteiger partial charge on any atom is -0.443 e. The topological polar surface area (TPSA) is 59.0 Å². The largest absolute Gasteiger partial charge is 0.443 e. The Hall–Kier alpha value is -1.43. The van der Waals surface area contributed by atoms with Crippen molar-refractivity contribution in [2.24, 2.45) is 4.99 Å². The number of ether oxygens (including phenoxy) is 1. The molecule has 0 aromatic heterocycles. The molecule has 2 aliphatic rings. The Morgan fingerprint density at radius 2 is 2.24 bits per heavy atom. The number of amides is 1. The highest BCUT2D eigenvalue weighted by Gasteiger charge is 2.30. The Kier molecular flexibility index (Phi) is 2.91. The SMILES string of the molecule is CC(C)(C)OC(=O)N1CN=CC2=C1C=CS2=O. The second-order valence-corrected chi connectivity index (χ2v) is 6.02. The van der Waals surface area contributed by atoms with Gasteiger partial charge in [-0.05, 0) is 26.8 Å². The molecule has 0 radical (unpaired) electrons. The number of carbonyl (C=O) groups is 1. The van der Waals surface area contributed by atoms with Crippen molar-refractivity contribution in [3.8, 4) is 0 Å². The van der Waals surface area contributed by atoms with Crippen LogP contribution in [0, 0.1) is 0 Å². The summed E-state index contributed by atoms with van der Waals surface area (Å²) in [5.74, 6) is 0. The van der Waals surface area contributed by atoms with E-state index in [9.17, 15) is 9.00 Å². The fourth-order valence-corrected chi connectivity index (χ4v) is 2.44. The van der Waals surface area contributed by atoms with E-state index < -0.39 is 22.5 Å². The van der Waals surface area contributed by atoms with E-state index in [1.54, 1.807) is 38.5 Å². The number of nitrogens with zero attached hydrogens (tertiary/aromatic N) is 2. The summed E-state index contributed by atoms with van der Waals surface area (Å²) < 4.78 is 16.8. The molecule has 6 heteroatoms. The van der Waals surface area contributed by atoms with Gasteiger partial charge in [-0.15, -0.1) is 0 Å². The number of hydrogen-bond donors (Lipinski definition) is 0. The van der Waals surface area contributed by atoms with Crippen LogP contribution in [-0.4, -0.2) is 33.7 Å². The molecule has 1 amide bonds. The van der Waals surface area contributed by atoms with Crippen molar-refractivity contribution in [2.75, 3.05) is 6.67 Å². The van der Waals surface area contributed by atoms with E-state index in [0.717, 1.165) is 0 Å². The van der Waals surface area contributed by atoms with Gasteiger partial charge in [0.15, 0.2) is 0 Å². The molecule has 0 aromatic carbocycles. The number of hydrogen-bond acceptors (Lipinski definition) is 4. The first kappa shape index (κ1) is 12.0. The first-order valence-electron chi connectivity index (χ1n) is 5.22. The third kappa shape index (κ3) is 2.46. The molecule has 1 unspecified atom stereocenters. The van der Waals surface area contributed by atoms with Crippen LogP contribution in [0.2, 0.25) is 0 Å². The molecule has 17 heavy (non-hydrogen) atoms. The maximum absolute atomic E-state index is 11.9. The van der Waals surface area contributed by atoms with Crippen molar-refractivity contribution in [1.82, 2.24) is 4.90 Å². The zero-order valence-corrected chi connectivity index (χ0v) is 10.8. The van der Waals surface area contributed by atoms with Gasteiger partial charge in [0.25, 0.3) is 0 Å². The molecule has 0 spiro atoms. The second-order valence-electron chi connectivity index (χ2n) is 4.71. The average molecular weight is 254 g/mol. The van der Waals surface area contributed by atoms with Gasteiger partial charge in [0.1, 0.15) is 12.3 Å².